The molecule has 0 amide bonds. The van der Waals surface area contributed by atoms with Crippen molar-refractivity contribution in [1.82, 2.24) is 24.6 Å². The first-order chi connectivity index (χ1) is 12.7. The van der Waals surface area contributed by atoms with E-state index in [2.05, 4.69) is 33.0 Å². The van der Waals surface area contributed by atoms with Gasteiger partial charge in [-0.3, -0.25) is 19.4 Å². The Morgan fingerprint density at radius 1 is 1.19 bits per heavy atom. The minimum atomic E-state index is 0.0112. The van der Waals surface area contributed by atoms with Gasteiger partial charge in [0.05, 0.1) is 25.1 Å². The van der Waals surface area contributed by atoms with E-state index in [1.54, 1.807) is 0 Å². The Bertz CT molecular complexity index is 808. The highest BCUT2D eigenvalue weighted by molar-refractivity contribution is 5.34. The van der Waals surface area contributed by atoms with Crippen LogP contribution in [0.4, 0.5) is 5.95 Å². The van der Waals surface area contributed by atoms with E-state index in [-0.39, 0.29) is 5.56 Å². The van der Waals surface area contributed by atoms with Crippen LogP contribution in [0.5, 0.6) is 0 Å². The molecule has 2 aromatic rings. The number of ether oxygens (including phenoxy) is 1. The molecule has 1 fully saturated rings. The van der Waals surface area contributed by atoms with Gasteiger partial charge < -0.3 is 9.64 Å². The topological polar surface area (TPSA) is 79.3 Å². The largest absolute Gasteiger partial charge is 0.378 e. The highest BCUT2D eigenvalue weighted by Gasteiger charge is 2.21. The fraction of sp³-hybridized carbons (Fsp3) is 0.611. The number of hydrogen-bond donors (Lipinski definition) is 1. The first-order valence-electron chi connectivity index (χ1n) is 9.41. The van der Waals surface area contributed by atoms with Crippen molar-refractivity contribution in [3.05, 3.63) is 39.6 Å². The molecule has 4 heterocycles. The lowest BCUT2D eigenvalue weighted by Crippen LogP contribution is -2.38. The van der Waals surface area contributed by atoms with E-state index in [4.69, 9.17) is 9.72 Å². The van der Waals surface area contributed by atoms with Gasteiger partial charge in [-0.25, -0.2) is 4.98 Å². The van der Waals surface area contributed by atoms with Crippen molar-refractivity contribution in [2.24, 2.45) is 0 Å². The van der Waals surface area contributed by atoms with Crippen LogP contribution in [-0.4, -0.2) is 64.0 Å². The monoisotopic (exact) mass is 358 g/mol. The zero-order valence-corrected chi connectivity index (χ0v) is 15.3. The Labute approximate surface area is 152 Å². The zero-order chi connectivity index (χ0) is 17.9. The standard InChI is InChI=1S/C18H26N6O2/c1-2-24-13-14(11-19-24)12-22-5-3-15-16(4-6-22)20-18(21-17(15)25)23-7-9-26-10-8-23/h11,13H,2-10,12H2,1H3,(H,20,21,25). The van der Waals surface area contributed by atoms with Crippen LogP contribution in [0.2, 0.25) is 0 Å². The van der Waals surface area contributed by atoms with Crippen LogP contribution in [0.25, 0.3) is 0 Å². The third-order valence-electron chi connectivity index (χ3n) is 5.16. The van der Waals surface area contributed by atoms with Gasteiger partial charge in [0, 0.05) is 63.0 Å². The van der Waals surface area contributed by atoms with Crippen molar-refractivity contribution >= 4 is 5.95 Å². The van der Waals surface area contributed by atoms with Crippen molar-refractivity contribution in [3.63, 3.8) is 0 Å². The van der Waals surface area contributed by atoms with E-state index in [0.29, 0.717) is 19.2 Å². The number of fused-ring (bicyclic) bond motifs is 1. The number of aromatic nitrogens is 4. The number of rotatable bonds is 4. The number of morpholine rings is 1. The molecule has 0 bridgehead atoms. The third kappa shape index (κ3) is 3.66. The van der Waals surface area contributed by atoms with E-state index < -0.39 is 0 Å². The molecule has 0 aromatic carbocycles. The second-order valence-electron chi connectivity index (χ2n) is 6.89. The summed E-state index contributed by atoms with van der Waals surface area (Å²) in [6, 6.07) is 0. The van der Waals surface area contributed by atoms with Crippen molar-refractivity contribution in [1.29, 1.82) is 0 Å². The summed E-state index contributed by atoms with van der Waals surface area (Å²) in [6.07, 6.45) is 5.57. The van der Waals surface area contributed by atoms with E-state index in [9.17, 15) is 4.79 Å². The predicted octanol–water partition coefficient (Wildman–Crippen LogP) is 0.424. The molecule has 8 heteroatoms. The molecule has 0 saturated carbocycles. The van der Waals surface area contributed by atoms with Crippen LogP contribution < -0.4 is 10.5 Å². The Hall–Kier alpha value is -2.19. The molecule has 1 saturated heterocycles. The molecule has 8 nitrogen and oxygen atoms in total. The van der Waals surface area contributed by atoms with Gasteiger partial charge in [-0.1, -0.05) is 0 Å². The summed E-state index contributed by atoms with van der Waals surface area (Å²) in [4.78, 5) is 24.9. The second kappa shape index (κ2) is 7.59. The molecule has 0 aliphatic carbocycles. The Kier molecular flexibility index (Phi) is 5.03. The van der Waals surface area contributed by atoms with Crippen LogP contribution in [0.1, 0.15) is 23.7 Å². The number of aryl methyl sites for hydroxylation is 1. The molecule has 2 aliphatic heterocycles. The lowest BCUT2D eigenvalue weighted by molar-refractivity contribution is 0.122. The molecule has 2 aromatic heterocycles. The SMILES string of the molecule is CCn1cc(CN2CCc3nc(N4CCOCC4)[nH]c(=O)c3CC2)cn1. The van der Waals surface area contributed by atoms with Gasteiger partial charge in [0.15, 0.2) is 0 Å². The van der Waals surface area contributed by atoms with E-state index >= 15 is 0 Å². The van der Waals surface area contributed by atoms with Gasteiger partial charge >= 0.3 is 0 Å². The number of nitrogens with zero attached hydrogens (tertiary/aromatic N) is 5. The fourth-order valence-corrected chi connectivity index (χ4v) is 3.64. The molecular formula is C18H26N6O2. The van der Waals surface area contributed by atoms with E-state index in [0.717, 1.165) is 63.4 Å². The highest BCUT2D eigenvalue weighted by atomic mass is 16.5. The lowest BCUT2D eigenvalue weighted by atomic mass is 10.1. The quantitative estimate of drug-likeness (QED) is 0.854. The Morgan fingerprint density at radius 2 is 2.00 bits per heavy atom. The Morgan fingerprint density at radius 3 is 2.77 bits per heavy atom. The molecule has 140 valence electrons. The fourth-order valence-electron chi connectivity index (χ4n) is 3.64. The lowest BCUT2D eigenvalue weighted by Gasteiger charge is -2.27. The van der Waals surface area contributed by atoms with Crippen LogP contribution in [-0.2, 0) is 30.7 Å². The van der Waals surface area contributed by atoms with Crippen LogP contribution >= 0.6 is 0 Å². The smallest absolute Gasteiger partial charge is 0.255 e. The maximum atomic E-state index is 12.6. The molecule has 2 aliphatic rings. The van der Waals surface area contributed by atoms with Gasteiger partial charge in [-0.15, -0.1) is 0 Å². The predicted molar refractivity (Wildman–Crippen MR) is 98.5 cm³/mol. The van der Waals surface area contributed by atoms with E-state index in [1.165, 1.54) is 5.56 Å². The first-order valence-corrected chi connectivity index (χ1v) is 9.41. The molecule has 1 N–H and O–H groups in total. The second-order valence-corrected chi connectivity index (χ2v) is 6.89. The van der Waals surface area contributed by atoms with Gasteiger partial charge in [0.1, 0.15) is 0 Å². The normalized spacial score (nSPS) is 18.6. The summed E-state index contributed by atoms with van der Waals surface area (Å²) in [7, 11) is 0. The minimum absolute atomic E-state index is 0.0112. The van der Waals surface area contributed by atoms with Crippen molar-refractivity contribution in [2.45, 2.75) is 32.9 Å². The summed E-state index contributed by atoms with van der Waals surface area (Å²) in [5, 5.41) is 4.35. The summed E-state index contributed by atoms with van der Waals surface area (Å²) in [5.74, 6) is 0.690. The maximum Gasteiger partial charge on any atom is 0.255 e. The summed E-state index contributed by atoms with van der Waals surface area (Å²) in [6.45, 7) is 8.51. The molecule has 0 atom stereocenters. The molecule has 0 unspecified atom stereocenters. The van der Waals surface area contributed by atoms with E-state index in [1.807, 2.05) is 10.9 Å². The van der Waals surface area contributed by atoms with Crippen molar-refractivity contribution in [3.8, 4) is 0 Å². The molecule has 0 spiro atoms. The number of hydrogen-bond acceptors (Lipinski definition) is 6. The zero-order valence-electron chi connectivity index (χ0n) is 15.3. The Balaban J connectivity index is 1.48. The molecular weight excluding hydrogens is 332 g/mol. The summed E-state index contributed by atoms with van der Waals surface area (Å²) in [5.41, 5.74) is 3.02. The number of H-pyrrole nitrogens is 1. The molecule has 4 rings (SSSR count). The highest BCUT2D eigenvalue weighted by Crippen LogP contribution is 2.16. The summed E-state index contributed by atoms with van der Waals surface area (Å²) < 4.78 is 7.34. The van der Waals surface area contributed by atoms with Crippen LogP contribution in [0, 0.1) is 0 Å². The number of aromatic amines is 1. The number of anilines is 1. The van der Waals surface area contributed by atoms with Crippen LogP contribution in [0.3, 0.4) is 0 Å². The third-order valence-corrected chi connectivity index (χ3v) is 5.16. The maximum absolute atomic E-state index is 12.6. The average molecular weight is 358 g/mol. The first kappa shape index (κ1) is 17.2. The number of nitrogens with one attached hydrogen (secondary N) is 1. The average Bonchev–Trinajstić information content (AvgIpc) is 3.02. The minimum Gasteiger partial charge on any atom is -0.378 e. The van der Waals surface area contributed by atoms with Gasteiger partial charge in [-0.2, -0.15) is 5.10 Å². The van der Waals surface area contributed by atoms with Crippen molar-refractivity contribution < 1.29 is 4.74 Å². The van der Waals surface area contributed by atoms with Gasteiger partial charge in [0.2, 0.25) is 5.95 Å². The van der Waals surface area contributed by atoms with Gasteiger partial charge in [-0.05, 0) is 13.3 Å². The van der Waals surface area contributed by atoms with Gasteiger partial charge in [0.25, 0.3) is 5.56 Å². The van der Waals surface area contributed by atoms with Crippen LogP contribution in [0.15, 0.2) is 17.2 Å². The molecule has 0 radical (unpaired) electrons. The van der Waals surface area contributed by atoms with Crippen molar-refractivity contribution in [2.75, 3.05) is 44.3 Å². The summed E-state index contributed by atoms with van der Waals surface area (Å²) >= 11 is 0. The molecule has 26 heavy (non-hydrogen) atoms.